The standard InChI is InChI=1S/C14H22N4O2/c1-3-20-14(19)18-6-4-11(5-7-18)17-13-8-10(2)12(15)9-16-13/h8-9,11H,3-7,15H2,1-2H3,(H,16,17). The molecular weight excluding hydrogens is 256 g/mol. The van der Waals surface area contributed by atoms with Gasteiger partial charge in [0.1, 0.15) is 5.82 Å². The highest BCUT2D eigenvalue weighted by molar-refractivity contribution is 5.67. The smallest absolute Gasteiger partial charge is 0.409 e. The van der Waals surface area contributed by atoms with Crippen LogP contribution in [0.4, 0.5) is 16.3 Å². The molecule has 110 valence electrons. The van der Waals surface area contributed by atoms with E-state index < -0.39 is 0 Å². The number of nitrogens with one attached hydrogen (secondary N) is 1. The molecule has 1 aliphatic rings. The molecule has 20 heavy (non-hydrogen) atoms. The molecule has 1 aromatic heterocycles. The second kappa shape index (κ2) is 6.45. The van der Waals surface area contributed by atoms with Gasteiger partial charge in [-0.1, -0.05) is 0 Å². The van der Waals surface area contributed by atoms with Crippen molar-refractivity contribution in [2.24, 2.45) is 0 Å². The predicted molar refractivity (Wildman–Crippen MR) is 78.6 cm³/mol. The largest absolute Gasteiger partial charge is 0.450 e. The summed E-state index contributed by atoms with van der Waals surface area (Å²) >= 11 is 0. The van der Waals surface area contributed by atoms with Crippen molar-refractivity contribution < 1.29 is 9.53 Å². The average molecular weight is 278 g/mol. The van der Waals surface area contributed by atoms with Gasteiger partial charge in [0.15, 0.2) is 0 Å². The first-order valence-electron chi connectivity index (χ1n) is 7.00. The van der Waals surface area contributed by atoms with Crippen molar-refractivity contribution in [2.45, 2.75) is 32.7 Å². The fourth-order valence-electron chi connectivity index (χ4n) is 2.28. The van der Waals surface area contributed by atoms with E-state index in [2.05, 4.69) is 10.3 Å². The number of nitrogens with two attached hydrogens (primary N) is 1. The van der Waals surface area contributed by atoms with E-state index in [0.29, 0.717) is 31.4 Å². The minimum Gasteiger partial charge on any atom is -0.450 e. The summed E-state index contributed by atoms with van der Waals surface area (Å²) in [6, 6.07) is 2.28. The number of aryl methyl sites for hydroxylation is 1. The van der Waals surface area contributed by atoms with E-state index in [9.17, 15) is 4.79 Å². The van der Waals surface area contributed by atoms with Gasteiger partial charge in [-0.05, 0) is 38.3 Å². The van der Waals surface area contributed by atoms with Crippen LogP contribution in [0, 0.1) is 6.92 Å². The fourth-order valence-corrected chi connectivity index (χ4v) is 2.28. The Hall–Kier alpha value is -1.98. The van der Waals surface area contributed by atoms with Gasteiger partial charge in [-0.15, -0.1) is 0 Å². The molecule has 0 unspecified atom stereocenters. The lowest BCUT2D eigenvalue weighted by atomic mass is 10.1. The highest BCUT2D eigenvalue weighted by atomic mass is 16.6. The molecule has 0 spiro atoms. The van der Waals surface area contributed by atoms with Crippen molar-refractivity contribution in [1.29, 1.82) is 0 Å². The summed E-state index contributed by atoms with van der Waals surface area (Å²) in [6.07, 6.45) is 3.24. The Morgan fingerprint density at radius 2 is 2.25 bits per heavy atom. The van der Waals surface area contributed by atoms with Gasteiger partial charge in [0.25, 0.3) is 0 Å². The number of anilines is 2. The number of hydrogen-bond acceptors (Lipinski definition) is 5. The maximum absolute atomic E-state index is 11.6. The Balaban J connectivity index is 1.85. The van der Waals surface area contributed by atoms with Crippen LogP contribution in [0.25, 0.3) is 0 Å². The highest BCUT2D eigenvalue weighted by Crippen LogP contribution is 2.18. The van der Waals surface area contributed by atoms with E-state index in [1.807, 2.05) is 19.9 Å². The lowest BCUT2D eigenvalue weighted by Crippen LogP contribution is -2.42. The summed E-state index contributed by atoms with van der Waals surface area (Å²) in [5, 5.41) is 3.39. The van der Waals surface area contributed by atoms with Crippen LogP contribution in [-0.2, 0) is 4.74 Å². The second-order valence-corrected chi connectivity index (χ2v) is 5.03. The maximum atomic E-state index is 11.6. The molecule has 0 saturated carbocycles. The topological polar surface area (TPSA) is 80.5 Å². The first kappa shape index (κ1) is 14.4. The summed E-state index contributed by atoms with van der Waals surface area (Å²) in [6.45, 7) is 5.63. The van der Waals surface area contributed by atoms with Gasteiger partial charge in [0.05, 0.1) is 18.5 Å². The zero-order chi connectivity index (χ0) is 14.5. The monoisotopic (exact) mass is 278 g/mol. The van der Waals surface area contributed by atoms with Crippen LogP contribution in [0.2, 0.25) is 0 Å². The number of aromatic nitrogens is 1. The number of nitrogen functional groups attached to an aromatic ring is 1. The number of ether oxygens (including phenoxy) is 1. The summed E-state index contributed by atoms with van der Waals surface area (Å²) in [5.41, 5.74) is 7.47. The number of pyridine rings is 1. The minimum absolute atomic E-state index is 0.215. The molecule has 6 heteroatoms. The first-order valence-corrected chi connectivity index (χ1v) is 7.00. The molecule has 0 atom stereocenters. The van der Waals surface area contributed by atoms with Crippen LogP contribution in [0.3, 0.4) is 0 Å². The van der Waals surface area contributed by atoms with Crippen molar-refractivity contribution >= 4 is 17.6 Å². The lowest BCUT2D eigenvalue weighted by molar-refractivity contribution is 0.0983. The number of nitrogens with zero attached hydrogens (tertiary/aromatic N) is 2. The Morgan fingerprint density at radius 1 is 1.55 bits per heavy atom. The summed E-state index contributed by atoms with van der Waals surface area (Å²) in [5.74, 6) is 0.839. The van der Waals surface area contributed by atoms with Gasteiger partial charge in [0.2, 0.25) is 0 Å². The lowest BCUT2D eigenvalue weighted by Gasteiger charge is -2.31. The van der Waals surface area contributed by atoms with Crippen LogP contribution >= 0.6 is 0 Å². The Kier molecular flexibility index (Phi) is 4.65. The van der Waals surface area contributed by atoms with Gasteiger partial charge in [-0.3, -0.25) is 0 Å². The minimum atomic E-state index is -0.215. The van der Waals surface area contributed by atoms with Crippen LogP contribution in [-0.4, -0.2) is 41.7 Å². The van der Waals surface area contributed by atoms with E-state index in [1.165, 1.54) is 0 Å². The number of carbonyl (C=O) groups excluding carboxylic acids is 1. The summed E-state index contributed by atoms with van der Waals surface area (Å²) in [4.78, 5) is 17.6. The molecule has 2 heterocycles. The van der Waals surface area contributed by atoms with Gasteiger partial charge in [0, 0.05) is 19.1 Å². The Bertz CT molecular complexity index is 470. The van der Waals surface area contributed by atoms with E-state index in [0.717, 1.165) is 24.2 Å². The van der Waals surface area contributed by atoms with Crippen LogP contribution in [0.1, 0.15) is 25.3 Å². The average Bonchev–Trinajstić information content (AvgIpc) is 2.44. The fraction of sp³-hybridized carbons (Fsp3) is 0.571. The van der Waals surface area contributed by atoms with Gasteiger partial charge < -0.3 is 20.7 Å². The SMILES string of the molecule is CCOC(=O)N1CCC(Nc2cc(C)c(N)cn2)CC1. The number of piperidine rings is 1. The summed E-state index contributed by atoms with van der Waals surface area (Å²) < 4.78 is 5.00. The highest BCUT2D eigenvalue weighted by Gasteiger charge is 2.23. The summed E-state index contributed by atoms with van der Waals surface area (Å²) in [7, 11) is 0. The van der Waals surface area contributed by atoms with Crippen molar-refractivity contribution in [2.75, 3.05) is 30.7 Å². The van der Waals surface area contributed by atoms with E-state index in [1.54, 1.807) is 11.1 Å². The van der Waals surface area contributed by atoms with Crippen LogP contribution < -0.4 is 11.1 Å². The predicted octanol–water partition coefficient (Wildman–Crippen LogP) is 2.01. The van der Waals surface area contributed by atoms with E-state index in [-0.39, 0.29) is 6.09 Å². The van der Waals surface area contributed by atoms with Gasteiger partial charge in [-0.25, -0.2) is 9.78 Å². The number of likely N-dealkylation sites (tertiary alicyclic amines) is 1. The molecule has 2 rings (SSSR count). The molecule has 1 aromatic rings. The number of carbonyl (C=O) groups is 1. The third-order valence-electron chi connectivity index (χ3n) is 3.52. The van der Waals surface area contributed by atoms with Gasteiger partial charge >= 0.3 is 6.09 Å². The molecule has 1 saturated heterocycles. The molecular formula is C14H22N4O2. The molecule has 0 bridgehead atoms. The molecule has 1 aliphatic heterocycles. The van der Waals surface area contributed by atoms with Crippen LogP contribution in [0.5, 0.6) is 0 Å². The Labute approximate surface area is 119 Å². The quantitative estimate of drug-likeness (QED) is 0.884. The maximum Gasteiger partial charge on any atom is 0.409 e. The molecule has 3 N–H and O–H groups in total. The zero-order valence-electron chi connectivity index (χ0n) is 12.1. The molecule has 0 aromatic carbocycles. The molecule has 1 fully saturated rings. The first-order chi connectivity index (χ1) is 9.60. The zero-order valence-corrected chi connectivity index (χ0v) is 12.1. The number of rotatable bonds is 3. The van der Waals surface area contributed by atoms with E-state index >= 15 is 0 Å². The second-order valence-electron chi connectivity index (χ2n) is 5.03. The Morgan fingerprint density at radius 3 is 2.85 bits per heavy atom. The third-order valence-corrected chi connectivity index (χ3v) is 3.52. The van der Waals surface area contributed by atoms with Crippen LogP contribution in [0.15, 0.2) is 12.3 Å². The van der Waals surface area contributed by atoms with Crippen molar-refractivity contribution in [3.8, 4) is 0 Å². The molecule has 0 radical (unpaired) electrons. The third kappa shape index (κ3) is 3.53. The number of hydrogen-bond donors (Lipinski definition) is 2. The van der Waals surface area contributed by atoms with Crippen molar-refractivity contribution in [3.63, 3.8) is 0 Å². The molecule has 0 aliphatic carbocycles. The normalized spacial score (nSPS) is 16.0. The number of amides is 1. The van der Waals surface area contributed by atoms with E-state index in [4.69, 9.17) is 10.5 Å². The van der Waals surface area contributed by atoms with Gasteiger partial charge in [-0.2, -0.15) is 0 Å². The van der Waals surface area contributed by atoms with Crippen molar-refractivity contribution in [3.05, 3.63) is 17.8 Å². The van der Waals surface area contributed by atoms with Crippen molar-refractivity contribution in [1.82, 2.24) is 9.88 Å². The molecule has 6 nitrogen and oxygen atoms in total. The molecule has 1 amide bonds.